The first-order valence-corrected chi connectivity index (χ1v) is 8.59. The number of halogens is 1. The Morgan fingerprint density at radius 2 is 1.69 bits per heavy atom. The highest BCUT2D eigenvalue weighted by atomic mass is 19.1. The van der Waals surface area contributed by atoms with Gasteiger partial charge >= 0.3 is 0 Å². The fourth-order valence-electron chi connectivity index (χ4n) is 2.48. The molecule has 0 unspecified atom stereocenters. The Kier molecular flexibility index (Phi) is 7.26. The summed E-state index contributed by atoms with van der Waals surface area (Å²) in [5, 5.41) is 2.78. The molecule has 6 heteroatoms. The van der Waals surface area contributed by atoms with Crippen molar-refractivity contribution < 1.29 is 23.4 Å². The Labute approximate surface area is 153 Å². The Morgan fingerprint density at radius 3 is 2.35 bits per heavy atom. The molecule has 5 nitrogen and oxygen atoms in total. The largest absolute Gasteiger partial charge is 0.494 e. The monoisotopic (exact) mass is 361 g/mol. The fraction of sp³-hybridized carbons (Fsp3) is 0.350. The van der Waals surface area contributed by atoms with E-state index in [1.54, 1.807) is 0 Å². The second-order valence-corrected chi connectivity index (χ2v) is 5.50. The molecule has 0 aliphatic rings. The molecule has 0 atom stereocenters. The molecule has 0 spiro atoms. The zero-order valence-corrected chi connectivity index (χ0v) is 15.3. The Morgan fingerprint density at radius 1 is 1.00 bits per heavy atom. The minimum atomic E-state index is -0.562. The molecule has 2 aromatic carbocycles. The van der Waals surface area contributed by atoms with Crippen LogP contribution in [0.4, 0.5) is 4.39 Å². The molecular formula is C20H24FNO4. The van der Waals surface area contributed by atoms with Gasteiger partial charge in [0.05, 0.1) is 20.3 Å². The van der Waals surface area contributed by atoms with Crippen molar-refractivity contribution in [2.45, 2.75) is 20.3 Å². The smallest absolute Gasteiger partial charge is 0.251 e. The van der Waals surface area contributed by atoms with Gasteiger partial charge in [-0.15, -0.1) is 0 Å². The van der Waals surface area contributed by atoms with E-state index < -0.39 is 5.82 Å². The lowest BCUT2D eigenvalue weighted by atomic mass is 10.1. The highest BCUT2D eigenvalue weighted by molar-refractivity contribution is 5.94. The molecule has 0 heterocycles. The van der Waals surface area contributed by atoms with Gasteiger partial charge in [0.25, 0.3) is 5.91 Å². The van der Waals surface area contributed by atoms with Crippen molar-refractivity contribution in [2.75, 3.05) is 26.9 Å². The first-order chi connectivity index (χ1) is 12.6. The van der Waals surface area contributed by atoms with Gasteiger partial charge in [0.15, 0.2) is 23.1 Å². The number of hydrogen-bond acceptors (Lipinski definition) is 4. The zero-order chi connectivity index (χ0) is 18.9. The van der Waals surface area contributed by atoms with Crippen LogP contribution >= 0.6 is 0 Å². The van der Waals surface area contributed by atoms with E-state index in [2.05, 4.69) is 5.32 Å². The molecule has 0 aliphatic heterocycles. The molecule has 0 saturated carbocycles. The van der Waals surface area contributed by atoms with Crippen LogP contribution in [0.25, 0.3) is 0 Å². The standard InChI is InChI=1S/C20H24FNO4/c1-4-25-18-8-6-14(12-19(18)26-5-2)10-11-22-20(23)15-7-9-17(24-3)16(21)13-15/h6-9,12-13H,4-5,10-11H2,1-3H3,(H,22,23). The van der Waals surface area contributed by atoms with E-state index in [1.807, 2.05) is 32.0 Å². The molecule has 2 rings (SSSR count). The molecule has 0 aromatic heterocycles. The van der Waals surface area contributed by atoms with Crippen LogP contribution in [0.2, 0.25) is 0 Å². The van der Waals surface area contributed by atoms with Crippen molar-refractivity contribution in [3.05, 3.63) is 53.3 Å². The SMILES string of the molecule is CCOc1ccc(CCNC(=O)c2ccc(OC)c(F)c2)cc1OCC. The summed E-state index contributed by atoms with van der Waals surface area (Å²) < 4.78 is 29.7. The Hall–Kier alpha value is -2.76. The van der Waals surface area contributed by atoms with E-state index >= 15 is 0 Å². The maximum atomic E-state index is 13.7. The number of carbonyl (C=O) groups is 1. The molecule has 140 valence electrons. The third-order valence-electron chi connectivity index (χ3n) is 3.72. The van der Waals surface area contributed by atoms with Crippen molar-refractivity contribution in [1.29, 1.82) is 0 Å². The summed E-state index contributed by atoms with van der Waals surface area (Å²) in [5.74, 6) is 0.612. The van der Waals surface area contributed by atoms with Gasteiger partial charge in [0, 0.05) is 12.1 Å². The van der Waals surface area contributed by atoms with Gasteiger partial charge in [-0.05, 0) is 56.2 Å². The van der Waals surface area contributed by atoms with Crippen molar-refractivity contribution in [2.24, 2.45) is 0 Å². The van der Waals surface area contributed by atoms with E-state index in [0.29, 0.717) is 37.7 Å². The van der Waals surface area contributed by atoms with Crippen LogP contribution < -0.4 is 19.5 Å². The lowest BCUT2D eigenvalue weighted by Crippen LogP contribution is -2.25. The fourth-order valence-corrected chi connectivity index (χ4v) is 2.48. The third kappa shape index (κ3) is 5.12. The number of methoxy groups -OCH3 is 1. The first kappa shape index (κ1) is 19.6. The normalized spacial score (nSPS) is 10.3. The predicted octanol–water partition coefficient (Wildman–Crippen LogP) is 3.60. The second-order valence-electron chi connectivity index (χ2n) is 5.50. The number of hydrogen-bond donors (Lipinski definition) is 1. The van der Waals surface area contributed by atoms with Gasteiger partial charge in [-0.1, -0.05) is 6.07 Å². The van der Waals surface area contributed by atoms with E-state index in [1.165, 1.54) is 19.2 Å². The predicted molar refractivity (Wildman–Crippen MR) is 97.8 cm³/mol. The summed E-state index contributed by atoms with van der Waals surface area (Å²) in [6.07, 6.45) is 0.622. The van der Waals surface area contributed by atoms with E-state index in [9.17, 15) is 9.18 Å². The summed E-state index contributed by atoms with van der Waals surface area (Å²) in [6, 6.07) is 9.84. The van der Waals surface area contributed by atoms with Crippen LogP contribution in [-0.4, -0.2) is 32.8 Å². The molecule has 1 amide bonds. The summed E-state index contributed by atoms with van der Waals surface area (Å²) in [5.41, 5.74) is 1.27. The van der Waals surface area contributed by atoms with Crippen molar-refractivity contribution >= 4 is 5.91 Å². The van der Waals surface area contributed by atoms with E-state index in [4.69, 9.17) is 14.2 Å². The van der Waals surface area contributed by atoms with Gasteiger partial charge in [0.2, 0.25) is 0 Å². The number of rotatable bonds is 9. The average Bonchev–Trinajstić information content (AvgIpc) is 2.64. The van der Waals surface area contributed by atoms with Gasteiger partial charge in [-0.3, -0.25) is 4.79 Å². The summed E-state index contributed by atoms with van der Waals surface area (Å²) >= 11 is 0. The molecule has 0 aliphatic carbocycles. The number of nitrogens with one attached hydrogen (secondary N) is 1. The number of carbonyl (C=O) groups excluding carboxylic acids is 1. The summed E-state index contributed by atoms with van der Waals surface area (Å²) in [6.45, 7) is 5.36. The van der Waals surface area contributed by atoms with Gasteiger partial charge in [0.1, 0.15) is 0 Å². The van der Waals surface area contributed by atoms with Gasteiger partial charge in [-0.2, -0.15) is 0 Å². The highest BCUT2D eigenvalue weighted by Crippen LogP contribution is 2.28. The van der Waals surface area contributed by atoms with E-state index in [-0.39, 0.29) is 17.2 Å². The van der Waals surface area contributed by atoms with Crippen LogP contribution in [-0.2, 0) is 6.42 Å². The lowest BCUT2D eigenvalue weighted by Gasteiger charge is -2.12. The molecule has 0 bridgehead atoms. The quantitative estimate of drug-likeness (QED) is 0.741. The first-order valence-electron chi connectivity index (χ1n) is 8.59. The lowest BCUT2D eigenvalue weighted by molar-refractivity contribution is 0.0953. The maximum absolute atomic E-state index is 13.7. The molecule has 0 fully saturated rings. The van der Waals surface area contributed by atoms with Gasteiger partial charge in [-0.25, -0.2) is 4.39 Å². The maximum Gasteiger partial charge on any atom is 0.251 e. The third-order valence-corrected chi connectivity index (χ3v) is 3.72. The van der Waals surface area contributed by atoms with Crippen LogP contribution in [0.5, 0.6) is 17.2 Å². The second kappa shape index (κ2) is 9.65. The molecule has 1 N–H and O–H groups in total. The topological polar surface area (TPSA) is 56.8 Å². The minimum Gasteiger partial charge on any atom is -0.494 e. The van der Waals surface area contributed by atoms with Crippen LogP contribution in [0.15, 0.2) is 36.4 Å². The van der Waals surface area contributed by atoms with Crippen molar-refractivity contribution in [3.63, 3.8) is 0 Å². The van der Waals surface area contributed by atoms with Crippen LogP contribution in [0.3, 0.4) is 0 Å². The van der Waals surface area contributed by atoms with Gasteiger partial charge < -0.3 is 19.5 Å². The van der Waals surface area contributed by atoms with Crippen molar-refractivity contribution in [3.8, 4) is 17.2 Å². The van der Waals surface area contributed by atoms with E-state index in [0.717, 1.165) is 11.6 Å². The highest BCUT2D eigenvalue weighted by Gasteiger charge is 2.10. The van der Waals surface area contributed by atoms with Crippen LogP contribution in [0, 0.1) is 5.82 Å². The average molecular weight is 361 g/mol. The minimum absolute atomic E-state index is 0.111. The molecule has 2 aromatic rings. The molecule has 0 saturated heterocycles. The number of amides is 1. The summed E-state index contributed by atoms with van der Waals surface area (Å²) in [4.78, 5) is 12.1. The summed E-state index contributed by atoms with van der Waals surface area (Å²) in [7, 11) is 1.38. The zero-order valence-electron chi connectivity index (χ0n) is 15.3. The Balaban J connectivity index is 1.95. The van der Waals surface area contributed by atoms with Crippen LogP contribution in [0.1, 0.15) is 29.8 Å². The molecular weight excluding hydrogens is 337 g/mol. The molecule has 0 radical (unpaired) electrons. The molecule has 26 heavy (non-hydrogen) atoms. The Bertz CT molecular complexity index is 749. The number of ether oxygens (including phenoxy) is 3. The number of benzene rings is 2. The van der Waals surface area contributed by atoms with Crippen molar-refractivity contribution in [1.82, 2.24) is 5.32 Å².